The van der Waals surface area contributed by atoms with Crippen molar-refractivity contribution in [2.45, 2.75) is 78.0 Å². The van der Waals surface area contributed by atoms with Gasteiger partial charge in [-0.2, -0.15) is 0 Å². The quantitative estimate of drug-likeness (QED) is 0.210. The Labute approximate surface area is 265 Å². The summed E-state index contributed by atoms with van der Waals surface area (Å²) >= 11 is 0. The molecular formula is C36H43N3O6. The van der Waals surface area contributed by atoms with E-state index >= 15 is 0 Å². The number of nitrogens with zero attached hydrogens (tertiary/aromatic N) is 2. The minimum absolute atomic E-state index is 0.0225. The summed E-state index contributed by atoms with van der Waals surface area (Å²) in [6.07, 6.45) is -0.466. The van der Waals surface area contributed by atoms with Gasteiger partial charge in [0, 0.05) is 6.54 Å². The first-order valence-electron chi connectivity index (χ1n) is 15.5. The molecule has 1 fully saturated rings. The molecule has 238 valence electrons. The van der Waals surface area contributed by atoms with Crippen LogP contribution < -0.4 is 10.1 Å². The summed E-state index contributed by atoms with van der Waals surface area (Å²) in [5.41, 5.74) is 1.13. The second-order valence-electron chi connectivity index (χ2n) is 12.4. The van der Waals surface area contributed by atoms with Crippen LogP contribution in [0, 0.1) is 5.41 Å². The van der Waals surface area contributed by atoms with Crippen LogP contribution in [0.25, 0.3) is 0 Å². The highest BCUT2D eigenvalue weighted by Gasteiger charge is 2.48. The fourth-order valence-electron chi connectivity index (χ4n) is 5.86. The van der Waals surface area contributed by atoms with E-state index in [1.54, 1.807) is 17.9 Å². The van der Waals surface area contributed by atoms with Crippen molar-refractivity contribution in [1.82, 2.24) is 15.1 Å². The number of likely N-dealkylation sites (tertiary alicyclic amines) is 1. The van der Waals surface area contributed by atoms with E-state index in [9.17, 15) is 24.3 Å². The lowest BCUT2D eigenvalue weighted by Gasteiger charge is -2.38. The Bertz CT molecular complexity index is 1480. The first kappa shape index (κ1) is 33.2. The zero-order valence-electron chi connectivity index (χ0n) is 26.4. The first-order chi connectivity index (χ1) is 21.5. The van der Waals surface area contributed by atoms with Gasteiger partial charge >= 0.3 is 6.09 Å². The van der Waals surface area contributed by atoms with Crippen molar-refractivity contribution in [3.05, 3.63) is 96.1 Å². The van der Waals surface area contributed by atoms with E-state index in [1.165, 1.54) is 0 Å². The average molecular weight is 614 g/mol. The number of Topliss-reactive ketones (excluding diaryl/α,β-unsaturated/α-hetero) is 1. The van der Waals surface area contributed by atoms with Crippen molar-refractivity contribution < 1.29 is 29.0 Å². The van der Waals surface area contributed by atoms with Crippen LogP contribution >= 0.6 is 0 Å². The van der Waals surface area contributed by atoms with Gasteiger partial charge in [0.2, 0.25) is 11.7 Å². The lowest BCUT2D eigenvalue weighted by Crippen LogP contribution is -2.58. The van der Waals surface area contributed by atoms with Crippen LogP contribution in [-0.2, 0) is 20.8 Å². The summed E-state index contributed by atoms with van der Waals surface area (Å²) < 4.78 is 5.94. The van der Waals surface area contributed by atoms with E-state index in [4.69, 9.17) is 4.74 Å². The van der Waals surface area contributed by atoms with E-state index in [1.807, 2.05) is 99.6 Å². The third-order valence-corrected chi connectivity index (χ3v) is 8.13. The molecule has 4 rings (SSSR count). The van der Waals surface area contributed by atoms with Crippen LogP contribution in [-0.4, -0.2) is 57.3 Å². The zero-order valence-corrected chi connectivity index (χ0v) is 26.4. The molecule has 1 aliphatic heterocycles. The van der Waals surface area contributed by atoms with Crippen LogP contribution in [0.5, 0.6) is 11.5 Å². The Hall–Kier alpha value is -4.66. The number of carbonyl (C=O) groups is 4. The van der Waals surface area contributed by atoms with Gasteiger partial charge in [0.15, 0.2) is 0 Å². The Morgan fingerprint density at radius 1 is 0.978 bits per heavy atom. The fourth-order valence-corrected chi connectivity index (χ4v) is 5.86. The number of ether oxygens (including phenoxy) is 1. The maximum Gasteiger partial charge on any atom is 0.409 e. The van der Waals surface area contributed by atoms with E-state index in [2.05, 4.69) is 5.32 Å². The number of benzene rings is 3. The number of carbonyl (C=O) groups excluding carboxylic acids is 3. The van der Waals surface area contributed by atoms with E-state index < -0.39 is 41.4 Å². The Kier molecular flexibility index (Phi) is 11.0. The van der Waals surface area contributed by atoms with Gasteiger partial charge in [-0.25, -0.2) is 4.79 Å². The monoisotopic (exact) mass is 613 g/mol. The molecule has 0 aliphatic carbocycles. The summed E-state index contributed by atoms with van der Waals surface area (Å²) in [6, 6.07) is 24.1. The van der Waals surface area contributed by atoms with Crippen LogP contribution in [0.4, 0.5) is 4.79 Å². The molecule has 1 aliphatic rings. The molecule has 0 saturated carbocycles. The van der Waals surface area contributed by atoms with Gasteiger partial charge in [-0.05, 0) is 60.6 Å². The summed E-state index contributed by atoms with van der Waals surface area (Å²) in [4.78, 5) is 56.3. The largest absolute Gasteiger partial charge is 0.465 e. The van der Waals surface area contributed by atoms with Gasteiger partial charge in [0.05, 0.1) is 12.5 Å². The van der Waals surface area contributed by atoms with Crippen molar-refractivity contribution in [3.8, 4) is 11.5 Å². The molecule has 9 nitrogen and oxygen atoms in total. The topological polar surface area (TPSA) is 116 Å². The zero-order chi connectivity index (χ0) is 32.6. The Balaban J connectivity index is 1.56. The number of hydrogen-bond acceptors (Lipinski definition) is 5. The predicted molar refractivity (Wildman–Crippen MR) is 172 cm³/mol. The second kappa shape index (κ2) is 14.9. The lowest BCUT2D eigenvalue weighted by atomic mass is 9.91. The number of rotatable bonds is 13. The maximum atomic E-state index is 13.9. The van der Waals surface area contributed by atoms with Crippen LogP contribution in [0.1, 0.15) is 70.5 Å². The summed E-state index contributed by atoms with van der Waals surface area (Å²) in [6.45, 7) is 7.97. The lowest BCUT2D eigenvalue weighted by molar-refractivity contribution is -0.144. The molecule has 1 heterocycles. The maximum absolute atomic E-state index is 13.9. The number of amides is 3. The summed E-state index contributed by atoms with van der Waals surface area (Å²) in [5, 5.41) is 13.3. The van der Waals surface area contributed by atoms with Gasteiger partial charge in [-0.3, -0.25) is 19.3 Å². The Morgan fingerprint density at radius 3 is 2.27 bits per heavy atom. The van der Waals surface area contributed by atoms with Crippen molar-refractivity contribution in [2.24, 2.45) is 5.41 Å². The van der Waals surface area contributed by atoms with Crippen molar-refractivity contribution >= 4 is 23.7 Å². The number of hydrogen-bond donors (Lipinski definition) is 2. The predicted octanol–water partition coefficient (Wildman–Crippen LogP) is 6.59. The van der Waals surface area contributed by atoms with Crippen molar-refractivity contribution in [3.63, 3.8) is 0 Å². The van der Waals surface area contributed by atoms with Gasteiger partial charge in [0.25, 0.3) is 5.91 Å². The van der Waals surface area contributed by atoms with Gasteiger partial charge in [-0.1, -0.05) is 94.3 Å². The highest BCUT2D eigenvalue weighted by molar-refractivity contribution is 6.38. The van der Waals surface area contributed by atoms with Gasteiger partial charge in [-0.15, -0.1) is 0 Å². The molecule has 45 heavy (non-hydrogen) atoms. The molecule has 0 spiro atoms. The van der Waals surface area contributed by atoms with E-state index in [0.29, 0.717) is 42.9 Å². The molecule has 1 saturated heterocycles. The number of unbranched alkanes of at least 4 members (excludes halogenated alkanes) is 1. The van der Waals surface area contributed by atoms with Crippen LogP contribution in [0.2, 0.25) is 0 Å². The molecule has 3 atom stereocenters. The SMILES string of the molecule is CCCC[C@@H](C(=O)C(=O)NC(C)c1ccccc1)N(C(=O)O)C1CC(C)(C)CN1C(=O)Cc1cccc(Oc2ccccc2)c1. The van der Waals surface area contributed by atoms with Gasteiger partial charge in [0.1, 0.15) is 23.7 Å². The third kappa shape index (κ3) is 8.71. The number of ketones is 1. The molecule has 2 unspecified atom stereocenters. The molecule has 3 aromatic carbocycles. The standard InChI is InChI=1S/C36H43N3O6/c1-5-6-20-30(33(41)34(42)37-25(2)27-15-9-7-10-16-27)39(35(43)44)31-23-36(3,4)24-38(31)32(40)22-26-14-13-19-29(21-26)45-28-17-11-8-12-18-28/h7-19,21,25,30-31H,5-6,20,22-24H2,1-4H3,(H,37,42)(H,43,44)/t25?,30-,31?/m0/s1. The molecular weight excluding hydrogens is 570 g/mol. The smallest absolute Gasteiger partial charge is 0.409 e. The molecule has 2 N–H and O–H groups in total. The van der Waals surface area contributed by atoms with E-state index in [0.717, 1.165) is 10.5 Å². The summed E-state index contributed by atoms with van der Waals surface area (Å²) in [5.74, 6) is -0.680. The third-order valence-electron chi connectivity index (χ3n) is 8.13. The highest BCUT2D eigenvalue weighted by atomic mass is 16.5. The molecule has 0 aromatic heterocycles. The van der Waals surface area contributed by atoms with Crippen molar-refractivity contribution in [2.75, 3.05) is 6.54 Å². The Morgan fingerprint density at radius 2 is 1.62 bits per heavy atom. The molecule has 0 radical (unpaired) electrons. The fraction of sp³-hybridized carbons (Fsp3) is 0.389. The molecule has 3 amide bonds. The molecule has 3 aromatic rings. The number of carboxylic acid groups (broad SMARTS) is 1. The van der Waals surface area contributed by atoms with Crippen LogP contribution in [0.15, 0.2) is 84.9 Å². The molecule has 0 bridgehead atoms. The minimum Gasteiger partial charge on any atom is -0.465 e. The molecule has 9 heteroatoms. The normalized spacial score (nSPS) is 16.8. The van der Waals surface area contributed by atoms with Crippen molar-refractivity contribution in [1.29, 1.82) is 0 Å². The summed E-state index contributed by atoms with van der Waals surface area (Å²) in [7, 11) is 0. The highest BCUT2D eigenvalue weighted by Crippen LogP contribution is 2.37. The average Bonchev–Trinajstić information content (AvgIpc) is 3.34. The van der Waals surface area contributed by atoms with Gasteiger partial charge < -0.3 is 20.1 Å². The van der Waals surface area contributed by atoms with Crippen LogP contribution in [0.3, 0.4) is 0 Å². The second-order valence-corrected chi connectivity index (χ2v) is 12.4. The van der Waals surface area contributed by atoms with E-state index in [-0.39, 0.29) is 18.7 Å². The minimum atomic E-state index is -1.34. The number of para-hydroxylation sites is 1. The first-order valence-corrected chi connectivity index (χ1v) is 15.5. The number of nitrogens with one attached hydrogen (secondary N) is 1.